The first kappa shape index (κ1) is 91.6. The Morgan fingerprint density at radius 3 is 0.628 bits per heavy atom. The van der Waals surface area contributed by atoms with Crippen molar-refractivity contribution in [3.05, 3.63) is 485 Å². The van der Waals surface area contributed by atoms with Crippen LogP contribution in [0.25, 0.3) is 248 Å². The molecule has 0 fully saturated rings. The van der Waals surface area contributed by atoms with Crippen LogP contribution >= 0.6 is 0 Å². The van der Waals surface area contributed by atoms with Gasteiger partial charge in [-0.15, -0.1) is 0 Å². The Kier molecular flexibility index (Phi) is 26.2. The summed E-state index contributed by atoms with van der Waals surface area (Å²) < 4.78 is 23.6. The van der Waals surface area contributed by atoms with Gasteiger partial charge in [0.2, 0.25) is 11.8 Å². The highest BCUT2D eigenvalue weighted by molar-refractivity contribution is 5.90. The van der Waals surface area contributed by atoms with E-state index in [4.69, 9.17) is 87.4 Å². The predicted octanol–water partition coefficient (Wildman–Crippen LogP) is 31.2. The molecule has 704 valence electrons. The molecule has 26 aromatic rings. The minimum absolute atomic E-state index is 0.605. The number of hydrogen-bond acceptors (Lipinski definition) is 20. The van der Waals surface area contributed by atoms with Crippen LogP contribution in [0.2, 0.25) is 0 Å². The molecule has 0 aliphatic rings. The Balaban J connectivity index is 0.000000109. The van der Waals surface area contributed by atoms with Crippen molar-refractivity contribution in [2.75, 3.05) is 0 Å². The Hall–Kier alpha value is -20.1. The second-order valence-electron chi connectivity index (χ2n) is 34.9. The predicted molar refractivity (Wildman–Crippen MR) is 586 cm³/mol. The molecule has 8 heterocycles. The molecule has 0 N–H and O–H groups in total. The molecule has 0 saturated heterocycles. The molecule has 0 unspecified atom stereocenters. The van der Waals surface area contributed by atoms with Crippen molar-refractivity contribution >= 4 is 44.4 Å². The molecule has 0 amide bonds. The maximum atomic E-state index is 6.05. The summed E-state index contributed by atoms with van der Waals surface area (Å²) in [6.45, 7) is 4.08. The van der Waals surface area contributed by atoms with Crippen molar-refractivity contribution in [1.82, 2.24) is 79.7 Å². The number of nitrogens with zero attached hydrogens (tertiary/aromatic N) is 16. The molecule has 0 aliphatic carbocycles. The SMILES string of the molecule is CCc1nc2cc(-c3ccc(-c4nc(-c5ccccc5)nc(-c5ccccc5)n4)cc3)ccc2o1.CCc1nc2cc(-c3cccc(-c4nc(-c5ccccc5)nc(-c5ccccc5)n4)c3)ccc2o1.c1ccc(-c2nc(-c3ccccc3)nc(-c3cccc(-c4ccc5oc(-c6ccccc6)nc5c4)c3)n2)cc1.c1ccc(-c2nc(-c3ccccc3)nc(-c3ccccc3-c3ccc4oc(-c5ccccc5)nc4c3)n2)cc1. The lowest BCUT2D eigenvalue weighted by Crippen LogP contribution is -2.01. The lowest BCUT2D eigenvalue weighted by molar-refractivity contribution is 0.537. The molecule has 0 saturated carbocycles. The number of rotatable bonds is 20. The maximum Gasteiger partial charge on any atom is 0.227 e. The van der Waals surface area contributed by atoms with Gasteiger partial charge in [-0.2, -0.15) is 0 Å². The van der Waals surface area contributed by atoms with E-state index in [9.17, 15) is 0 Å². The van der Waals surface area contributed by atoms with Crippen LogP contribution in [0.1, 0.15) is 25.6 Å². The minimum Gasteiger partial charge on any atom is -0.441 e. The van der Waals surface area contributed by atoms with E-state index in [-0.39, 0.29) is 0 Å². The third-order valence-electron chi connectivity index (χ3n) is 24.9. The molecule has 0 radical (unpaired) electrons. The zero-order chi connectivity index (χ0) is 99.3. The first-order valence-corrected chi connectivity index (χ1v) is 48.8. The van der Waals surface area contributed by atoms with Gasteiger partial charge in [-0.25, -0.2) is 79.7 Å². The molecule has 0 aliphatic heterocycles. The first-order chi connectivity index (χ1) is 73.1. The normalized spacial score (nSPS) is 11.1. The minimum atomic E-state index is 0.605. The third-order valence-corrected chi connectivity index (χ3v) is 24.9. The third kappa shape index (κ3) is 20.6. The largest absolute Gasteiger partial charge is 0.441 e. The first-order valence-electron chi connectivity index (χ1n) is 48.8. The molecular formula is C128H88N16O4. The van der Waals surface area contributed by atoms with Crippen molar-refractivity contribution in [1.29, 1.82) is 0 Å². The van der Waals surface area contributed by atoms with Crippen LogP contribution in [-0.4, -0.2) is 79.7 Å². The summed E-state index contributed by atoms with van der Waals surface area (Å²) in [5, 5.41) is 0. The Morgan fingerprint density at radius 1 is 0.135 bits per heavy atom. The Labute approximate surface area is 852 Å². The number of oxazole rings is 4. The van der Waals surface area contributed by atoms with Crippen LogP contribution in [0.5, 0.6) is 0 Å². The van der Waals surface area contributed by atoms with Gasteiger partial charge >= 0.3 is 0 Å². The van der Waals surface area contributed by atoms with E-state index in [1.54, 1.807) is 0 Å². The number of fused-ring (bicyclic) bond motifs is 4. The van der Waals surface area contributed by atoms with Gasteiger partial charge in [-0.05, 0) is 129 Å². The summed E-state index contributed by atoms with van der Waals surface area (Å²) in [5.41, 5.74) is 28.0. The quantitative estimate of drug-likeness (QED) is 0.0686. The zero-order valence-electron chi connectivity index (χ0n) is 80.2. The van der Waals surface area contributed by atoms with Crippen LogP contribution in [0.3, 0.4) is 0 Å². The van der Waals surface area contributed by atoms with E-state index in [0.717, 1.165) is 191 Å². The molecule has 0 atom stereocenters. The molecule has 0 bridgehead atoms. The van der Waals surface area contributed by atoms with E-state index in [1.807, 2.05) is 378 Å². The van der Waals surface area contributed by atoms with E-state index in [0.29, 0.717) is 81.7 Å². The van der Waals surface area contributed by atoms with Gasteiger partial charge in [0.1, 0.15) is 22.1 Å². The fourth-order valence-corrected chi connectivity index (χ4v) is 17.4. The number of aromatic nitrogens is 16. The monoisotopic (exact) mass is 1910 g/mol. The van der Waals surface area contributed by atoms with Crippen molar-refractivity contribution < 1.29 is 17.7 Å². The molecule has 148 heavy (non-hydrogen) atoms. The summed E-state index contributed by atoms with van der Waals surface area (Å²) in [7, 11) is 0. The molecule has 20 nitrogen and oxygen atoms in total. The van der Waals surface area contributed by atoms with Gasteiger partial charge in [-0.3, -0.25) is 0 Å². The standard InChI is InChI=1S/2C34H22N4O.2C30H22N4O/c1-4-12-23(13-5-1)31-36-32(24-14-6-2-7-15-24)38-33(37-31)28-19-11-10-18-27(28)26-20-21-30-29(22-26)35-34(39-30)25-16-8-3-9-17-25;1-4-11-23(12-5-1)31-36-32(24-13-6-2-7-14-24)38-33(37-31)28-18-10-17-26(21-28)27-19-20-30-29(22-27)35-34(39-30)25-15-8-3-9-16-25;1-2-27-31-25-19-23(16-17-26(25)35-27)22-14-9-15-24(18-22)30-33-28(20-10-5-3-6-11-20)32-29(34-30)21-12-7-4-8-13-21;1-2-27-31-25-19-24(17-18-26(25)35-27)20-13-15-23(16-14-20)30-33-28(21-9-5-3-6-10-21)32-29(34-30)22-11-7-4-8-12-22/h2*1-22H;2*3-19H,2H2,1H3. The van der Waals surface area contributed by atoms with Crippen molar-refractivity contribution in [3.63, 3.8) is 0 Å². The van der Waals surface area contributed by atoms with Gasteiger partial charge < -0.3 is 17.7 Å². The number of hydrogen-bond donors (Lipinski definition) is 0. The topological polar surface area (TPSA) is 259 Å². The lowest BCUT2D eigenvalue weighted by Gasteiger charge is -2.12. The average Bonchev–Trinajstić information content (AvgIpc) is 1.44. The van der Waals surface area contributed by atoms with E-state index in [1.165, 1.54) is 0 Å². The van der Waals surface area contributed by atoms with Crippen LogP contribution in [0, 0.1) is 0 Å². The van der Waals surface area contributed by atoms with Crippen LogP contribution in [0.15, 0.2) is 491 Å². The van der Waals surface area contributed by atoms with E-state index < -0.39 is 0 Å². The second kappa shape index (κ2) is 42.4. The van der Waals surface area contributed by atoms with Crippen LogP contribution < -0.4 is 0 Å². The van der Waals surface area contributed by atoms with Gasteiger partial charge in [0.15, 0.2) is 104 Å². The fraction of sp³-hybridized carbons (Fsp3) is 0.0312. The molecule has 8 aromatic heterocycles. The molecule has 26 rings (SSSR count). The average molecular weight is 1910 g/mol. The molecule has 20 heteroatoms. The Bertz CT molecular complexity index is 8920. The Morgan fingerprint density at radius 2 is 0.331 bits per heavy atom. The van der Waals surface area contributed by atoms with Crippen LogP contribution in [0.4, 0.5) is 0 Å². The highest BCUT2D eigenvalue weighted by Crippen LogP contribution is 2.40. The number of aryl methyl sites for hydroxylation is 2. The highest BCUT2D eigenvalue weighted by atomic mass is 16.4. The van der Waals surface area contributed by atoms with Gasteiger partial charge in [-0.1, -0.05) is 402 Å². The highest BCUT2D eigenvalue weighted by Gasteiger charge is 2.23. The summed E-state index contributed by atoms with van der Waals surface area (Å²) in [6, 6.07) is 157. The van der Waals surface area contributed by atoms with E-state index >= 15 is 0 Å². The lowest BCUT2D eigenvalue weighted by atomic mass is 9.98. The van der Waals surface area contributed by atoms with Crippen molar-refractivity contribution in [2.24, 2.45) is 0 Å². The summed E-state index contributed by atoms with van der Waals surface area (Å²) in [5.74, 6) is 10.4. The van der Waals surface area contributed by atoms with Gasteiger partial charge in [0, 0.05) is 90.7 Å². The van der Waals surface area contributed by atoms with Crippen molar-refractivity contribution in [3.8, 4) is 204 Å². The zero-order valence-corrected chi connectivity index (χ0v) is 80.2. The molecular weight excluding hydrogens is 1830 g/mol. The smallest absolute Gasteiger partial charge is 0.227 e. The second-order valence-corrected chi connectivity index (χ2v) is 34.9. The molecule has 18 aromatic carbocycles. The van der Waals surface area contributed by atoms with Crippen molar-refractivity contribution in [2.45, 2.75) is 26.7 Å². The maximum absolute atomic E-state index is 6.05. The van der Waals surface area contributed by atoms with Gasteiger partial charge in [0.25, 0.3) is 0 Å². The fourth-order valence-electron chi connectivity index (χ4n) is 17.4. The summed E-state index contributed by atoms with van der Waals surface area (Å²) in [6.07, 6.45) is 1.55. The molecule has 0 spiro atoms. The van der Waals surface area contributed by atoms with Gasteiger partial charge in [0.05, 0.1) is 0 Å². The summed E-state index contributed by atoms with van der Waals surface area (Å²) >= 11 is 0. The summed E-state index contributed by atoms with van der Waals surface area (Å²) in [4.78, 5) is 76.8. The van der Waals surface area contributed by atoms with E-state index in [2.05, 4.69) is 119 Å². The number of benzene rings is 18. The van der Waals surface area contributed by atoms with Crippen LogP contribution in [-0.2, 0) is 12.8 Å².